The summed E-state index contributed by atoms with van der Waals surface area (Å²) >= 11 is 0. The maximum Gasteiger partial charge on any atom is 0.193 e. The van der Waals surface area contributed by atoms with E-state index in [0.29, 0.717) is 11.7 Å². The van der Waals surface area contributed by atoms with Crippen molar-refractivity contribution in [2.75, 3.05) is 34.9 Å². The molecule has 2 N–H and O–H groups in total. The molecule has 0 radical (unpaired) electrons. The Kier molecular flexibility index (Phi) is 5.16. The molecule has 0 aromatic heterocycles. The third kappa shape index (κ3) is 2.60. The number of piperidine rings is 1. The molecule has 3 aliphatic carbocycles. The Labute approximate surface area is 156 Å². The van der Waals surface area contributed by atoms with Crippen molar-refractivity contribution in [2.24, 2.45) is 29.6 Å². The van der Waals surface area contributed by atoms with Crippen LogP contribution in [0, 0.1) is 29.6 Å². The van der Waals surface area contributed by atoms with Crippen molar-refractivity contribution < 1.29 is 29.0 Å². The summed E-state index contributed by atoms with van der Waals surface area (Å²) in [6.07, 6.45) is 2.82. The van der Waals surface area contributed by atoms with Crippen LogP contribution < -0.4 is 4.90 Å². The standard InChI is InChI=1S/C20H33NO5/c1-21-8-7-10-9-13(25-3)19(23)16-14(10)17(21)18(22)11-5-6-12(24-2)20(26-4)15(11)16/h10-17,19-20,23H,5-9H2,1-4H3/p+1. The Hall–Kier alpha value is -0.530. The monoisotopic (exact) mass is 368 g/mol. The number of ketones is 1. The number of carbonyl (C=O) groups is 1. The number of aliphatic hydroxyl groups is 1. The first-order valence-corrected chi connectivity index (χ1v) is 10.2. The van der Waals surface area contributed by atoms with Gasteiger partial charge in [0.25, 0.3) is 0 Å². The third-order valence-corrected chi connectivity index (χ3v) is 8.09. The van der Waals surface area contributed by atoms with Gasteiger partial charge >= 0.3 is 0 Å². The quantitative estimate of drug-likeness (QED) is 0.706. The molecule has 11 atom stereocenters. The van der Waals surface area contributed by atoms with Gasteiger partial charge < -0.3 is 24.2 Å². The van der Waals surface area contributed by atoms with Gasteiger partial charge in [0, 0.05) is 45.0 Å². The highest BCUT2D eigenvalue weighted by Gasteiger charge is 2.65. The van der Waals surface area contributed by atoms with Gasteiger partial charge in [-0.05, 0) is 31.6 Å². The van der Waals surface area contributed by atoms with Crippen LogP contribution in [0.1, 0.15) is 25.7 Å². The zero-order chi connectivity index (χ0) is 18.6. The molecule has 3 saturated carbocycles. The summed E-state index contributed by atoms with van der Waals surface area (Å²) in [5.41, 5.74) is 0. The summed E-state index contributed by atoms with van der Waals surface area (Å²) in [5, 5.41) is 11.3. The van der Waals surface area contributed by atoms with Crippen molar-refractivity contribution in [2.45, 2.75) is 56.1 Å². The summed E-state index contributed by atoms with van der Waals surface area (Å²) in [4.78, 5) is 14.8. The summed E-state index contributed by atoms with van der Waals surface area (Å²) in [6, 6.07) is 0.0176. The second-order valence-corrected chi connectivity index (χ2v) is 8.92. The fourth-order valence-electron chi connectivity index (χ4n) is 7.03. The number of fused-ring (bicyclic) bond motifs is 2. The minimum absolute atomic E-state index is 0.00663. The number of quaternary nitrogens is 1. The fraction of sp³-hybridized carbons (Fsp3) is 0.950. The maximum atomic E-state index is 13.5. The van der Waals surface area contributed by atoms with Gasteiger partial charge in [-0.1, -0.05) is 0 Å². The van der Waals surface area contributed by atoms with Crippen molar-refractivity contribution >= 4 is 5.78 Å². The number of likely N-dealkylation sites (N-methyl/N-ethyl adjacent to an activating group) is 1. The largest absolute Gasteiger partial charge is 0.390 e. The Balaban J connectivity index is 1.78. The zero-order valence-corrected chi connectivity index (χ0v) is 16.4. The lowest BCUT2D eigenvalue weighted by molar-refractivity contribution is -0.909. The van der Waals surface area contributed by atoms with Crippen molar-refractivity contribution in [1.82, 2.24) is 0 Å². The average Bonchev–Trinajstić information content (AvgIpc) is 2.66. The van der Waals surface area contributed by atoms with E-state index in [4.69, 9.17) is 14.2 Å². The number of rotatable bonds is 3. The van der Waals surface area contributed by atoms with Crippen LogP contribution in [0.15, 0.2) is 0 Å². The van der Waals surface area contributed by atoms with Crippen molar-refractivity contribution in [3.63, 3.8) is 0 Å². The second-order valence-electron chi connectivity index (χ2n) is 8.92. The van der Waals surface area contributed by atoms with E-state index in [-0.39, 0.29) is 48.0 Å². The van der Waals surface area contributed by atoms with E-state index in [1.54, 1.807) is 21.3 Å². The Morgan fingerprint density at radius 3 is 2.35 bits per heavy atom. The molecule has 0 amide bonds. The predicted octanol–water partition coefficient (Wildman–Crippen LogP) is -0.459. The SMILES string of the molecule is COC1CC2CC[NH+](C)C3C(=O)C4CCC(OC)C(OC)C4C(C1O)C23. The van der Waals surface area contributed by atoms with Gasteiger partial charge in [-0.15, -0.1) is 0 Å². The molecule has 11 unspecified atom stereocenters. The van der Waals surface area contributed by atoms with Gasteiger partial charge in [-0.2, -0.15) is 0 Å². The van der Waals surface area contributed by atoms with Crippen LogP contribution in [0.4, 0.5) is 0 Å². The lowest BCUT2D eigenvalue weighted by atomic mass is 9.49. The molecule has 6 heteroatoms. The van der Waals surface area contributed by atoms with Crippen LogP contribution in [0.5, 0.6) is 0 Å². The number of Topliss-reactive ketones (excluding diaryl/α,β-unsaturated/α-hetero) is 1. The Morgan fingerprint density at radius 1 is 0.962 bits per heavy atom. The van der Waals surface area contributed by atoms with Crippen LogP contribution in [0.2, 0.25) is 0 Å². The molecule has 148 valence electrons. The van der Waals surface area contributed by atoms with Gasteiger partial charge in [-0.3, -0.25) is 4.79 Å². The first kappa shape index (κ1) is 18.8. The predicted molar refractivity (Wildman–Crippen MR) is 94.9 cm³/mol. The molecule has 0 aromatic carbocycles. The number of methoxy groups -OCH3 is 3. The van der Waals surface area contributed by atoms with E-state index in [2.05, 4.69) is 7.05 Å². The highest BCUT2D eigenvalue weighted by molar-refractivity contribution is 5.87. The number of likely N-dealkylation sites (tertiary alicyclic amines) is 1. The molecule has 0 aromatic rings. The summed E-state index contributed by atoms with van der Waals surface area (Å²) in [7, 11) is 7.29. The van der Waals surface area contributed by atoms with Gasteiger partial charge in [0.1, 0.15) is 0 Å². The van der Waals surface area contributed by atoms with Crippen molar-refractivity contribution in [3.8, 4) is 0 Å². The maximum absolute atomic E-state index is 13.5. The minimum atomic E-state index is -0.538. The van der Waals surface area contributed by atoms with Crippen molar-refractivity contribution in [3.05, 3.63) is 0 Å². The van der Waals surface area contributed by atoms with E-state index in [9.17, 15) is 9.90 Å². The molecule has 1 aliphatic heterocycles. The molecular formula is C20H34NO5+. The smallest absolute Gasteiger partial charge is 0.193 e. The van der Waals surface area contributed by atoms with Crippen LogP contribution in [0.3, 0.4) is 0 Å². The minimum Gasteiger partial charge on any atom is -0.390 e. The van der Waals surface area contributed by atoms with Crippen LogP contribution in [-0.4, -0.2) is 76.3 Å². The van der Waals surface area contributed by atoms with Gasteiger partial charge in [0.15, 0.2) is 11.8 Å². The fourth-order valence-corrected chi connectivity index (χ4v) is 7.03. The van der Waals surface area contributed by atoms with Crippen molar-refractivity contribution in [1.29, 1.82) is 0 Å². The number of ether oxygens (including phenoxy) is 3. The van der Waals surface area contributed by atoms with E-state index in [0.717, 1.165) is 32.2 Å². The zero-order valence-electron chi connectivity index (χ0n) is 16.4. The number of aliphatic hydroxyl groups excluding tert-OH is 1. The molecule has 1 saturated heterocycles. The molecule has 6 nitrogen and oxygen atoms in total. The molecule has 4 rings (SSSR count). The molecule has 4 fully saturated rings. The summed E-state index contributed by atoms with van der Waals surface area (Å²) < 4.78 is 17.3. The first-order valence-electron chi connectivity index (χ1n) is 10.2. The van der Waals surface area contributed by atoms with Gasteiger partial charge in [-0.25, -0.2) is 0 Å². The van der Waals surface area contributed by atoms with E-state index >= 15 is 0 Å². The van der Waals surface area contributed by atoms with Crippen LogP contribution >= 0.6 is 0 Å². The molecule has 1 heterocycles. The van der Waals surface area contributed by atoms with E-state index in [1.165, 1.54) is 4.90 Å². The highest BCUT2D eigenvalue weighted by atomic mass is 16.5. The number of nitrogens with one attached hydrogen (secondary N) is 1. The molecule has 0 bridgehead atoms. The number of hydrogen-bond donors (Lipinski definition) is 2. The van der Waals surface area contributed by atoms with Gasteiger partial charge in [0.2, 0.25) is 0 Å². The summed E-state index contributed by atoms with van der Waals surface area (Å²) in [5.74, 6) is 1.12. The first-order chi connectivity index (χ1) is 12.5. The Bertz CT molecular complexity index is 542. The van der Waals surface area contributed by atoms with Crippen LogP contribution in [0.25, 0.3) is 0 Å². The highest BCUT2D eigenvalue weighted by Crippen LogP contribution is 2.54. The Morgan fingerprint density at radius 2 is 1.69 bits per heavy atom. The normalized spacial score (nSPS) is 53.7. The third-order valence-electron chi connectivity index (χ3n) is 8.09. The molecule has 4 aliphatic rings. The van der Waals surface area contributed by atoms with E-state index < -0.39 is 6.10 Å². The average molecular weight is 368 g/mol. The second kappa shape index (κ2) is 7.13. The molecule has 0 spiro atoms. The van der Waals surface area contributed by atoms with E-state index in [1.807, 2.05) is 0 Å². The molecule has 26 heavy (non-hydrogen) atoms. The number of carbonyl (C=O) groups excluding carboxylic acids is 1. The van der Waals surface area contributed by atoms with Crippen LogP contribution in [-0.2, 0) is 19.0 Å². The lowest BCUT2D eigenvalue weighted by Crippen LogP contribution is -3.17. The molecular weight excluding hydrogens is 334 g/mol. The van der Waals surface area contributed by atoms with Gasteiger partial charge in [0.05, 0.1) is 38.0 Å². The summed E-state index contributed by atoms with van der Waals surface area (Å²) in [6.45, 7) is 1.03. The topological polar surface area (TPSA) is 69.4 Å². The number of hydrogen-bond acceptors (Lipinski definition) is 5. The lowest BCUT2D eigenvalue weighted by Gasteiger charge is -2.59.